The van der Waals surface area contributed by atoms with Crippen LogP contribution in [0.25, 0.3) is 22.4 Å². The summed E-state index contributed by atoms with van der Waals surface area (Å²) in [5, 5.41) is 7.02. The maximum atomic E-state index is 12.4. The van der Waals surface area contributed by atoms with E-state index in [0.29, 0.717) is 22.2 Å². The first-order chi connectivity index (χ1) is 12.1. The van der Waals surface area contributed by atoms with Crippen LogP contribution in [-0.4, -0.2) is 26.0 Å². The zero-order chi connectivity index (χ0) is 17.4. The molecule has 0 unspecified atom stereocenters. The molecule has 25 heavy (non-hydrogen) atoms. The molecule has 124 valence electrons. The lowest BCUT2D eigenvalue weighted by Crippen LogP contribution is -2.13. The van der Waals surface area contributed by atoms with Crippen molar-refractivity contribution in [1.82, 2.24) is 20.1 Å². The van der Waals surface area contributed by atoms with E-state index in [1.54, 1.807) is 25.4 Å². The summed E-state index contributed by atoms with van der Waals surface area (Å²) in [7, 11) is 0. The van der Waals surface area contributed by atoms with Gasteiger partial charge in [0.1, 0.15) is 0 Å². The average Bonchev–Trinajstić information content (AvgIpc) is 3.26. The number of fused-ring (bicyclic) bond motifs is 1. The molecule has 0 aliphatic heterocycles. The number of aromatic amines is 1. The van der Waals surface area contributed by atoms with E-state index < -0.39 is 5.91 Å². The van der Waals surface area contributed by atoms with Crippen molar-refractivity contribution in [2.45, 2.75) is 6.92 Å². The van der Waals surface area contributed by atoms with Crippen LogP contribution in [0, 0.1) is 6.92 Å². The van der Waals surface area contributed by atoms with Crippen molar-refractivity contribution in [3.05, 3.63) is 59.3 Å². The van der Waals surface area contributed by atoms with Gasteiger partial charge in [0.2, 0.25) is 0 Å². The molecule has 1 amide bonds. The Balaban J connectivity index is 1.64. The highest BCUT2D eigenvalue weighted by atomic mass is 35.5. The predicted molar refractivity (Wildman–Crippen MR) is 93.5 cm³/mol. The summed E-state index contributed by atoms with van der Waals surface area (Å²) in [5.74, 6) is 0.0557. The third kappa shape index (κ3) is 2.85. The van der Waals surface area contributed by atoms with Gasteiger partial charge in [-0.3, -0.25) is 9.78 Å². The van der Waals surface area contributed by atoms with Crippen LogP contribution in [0.15, 0.2) is 47.4 Å². The smallest absolute Gasteiger partial charge is 0.277 e. The summed E-state index contributed by atoms with van der Waals surface area (Å²) in [4.78, 5) is 23.8. The van der Waals surface area contributed by atoms with Gasteiger partial charge in [0.05, 0.1) is 33.8 Å². The van der Waals surface area contributed by atoms with Crippen molar-refractivity contribution in [3.63, 3.8) is 0 Å². The van der Waals surface area contributed by atoms with Crippen LogP contribution in [0.1, 0.15) is 16.2 Å². The van der Waals surface area contributed by atoms with E-state index in [1.165, 1.54) is 6.20 Å². The minimum atomic E-state index is -0.406. The quantitative estimate of drug-likeness (QED) is 0.583. The molecule has 4 aromatic rings. The van der Waals surface area contributed by atoms with Crippen LogP contribution >= 0.6 is 11.6 Å². The monoisotopic (exact) mass is 353 g/mol. The maximum absolute atomic E-state index is 12.4. The van der Waals surface area contributed by atoms with Crippen LogP contribution in [-0.2, 0) is 0 Å². The first-order valence-electron chi connectivity index (χ1n) is 7.44. The molecule has 7 nitrogen and oxygen atoms in total. The molecule has 0 spiro atoms. The van der Waals surface area contributed by atoms with Gasteiger partial charge in [-0.1, -0.05) is 22.8 Å². The number of anilines is 1. The summed E-state index contributed by atoms with van der Waals surface area (Å²) >= 11 is 5.92. The molecule has 0 saturated carbocycles. The first-order valence-corrected chi connectivity index (χ1v) is 7.82. The van der Waals surface area contributed by atoms with Crippen LogP contribution in [0.4, 0.5) is 5.69 Å². The summed E-state index contributed by atoms with van der Waals surface area (Å²) in [6.07, 6.45) is 3.12. The average molecular weight is 354 g/mol. The van der Waals surface area contributed by atoms with Crippen LogP contribution < -0.4 is 5.32 Å². The Bertz CT molecular complexity index is 1090. The van der Waals surface area contributed by atoms with Crippen LogP contribution in [0.5, 0.6) is 0 Å². The van der Waals surface area contributed by atoms with Crippen molar-refractivity contribution >= 4 is 34.2 Å². The number of nitrogens with one attached hydrogen (secondary N) is 2. The number of aromatic nitrogens is 4. The largest absolute Gasteiger partial charge is 0.355 e. The third-order valence-corrected chi connectivity index (χ3v) is 3.97. The van der Waals surface area contributed by atoms with Gasteiger partial charge in [-0.2, -0.15) is 0 Å². The number of halogens is 1. The Labute approximate surface area is 147 Å². The lowest BCUT2D eigenvalue weighted by molar-refractivity contribution is 0.101. The number of hydrogen-bond donors (Lipinski definition) is 2. The first kappa shape index (κ1) is 15.3. The van der Waals surface area contributed by atoms with E-state index in [9.17, 15) is 4.79 Å². The van der Waals surface area contributed by atoms with E-state index in [-0.39, 0.29) is 5.69 Å². The second-order valence-corrected chi connectivity index (χ2v) is 5.86. The Morgan fingerprint density at radius 1 is 1.28 bits per heavy atom. The number of nitrogens with zero attached hydrogens (tertiary/aromatic N) is 3. The molecule has 0 aliphatic rings. The van der Waals surface area contributed by atoms with Crippen molar-refractivity contribution in [2.75, 3.05) is 5.32 Å². The number of imidazole rings is 1. The Morgan fingerprint density at radius 3 is 3.04 bits per heavy atom. The zero-order valence-electron chi connectivity index (χ0n) is 13.1. The normalized spacial score (nSPS) is 11.0. The molecule has 0 fully saturated rings. The van der Waals surface area contributed by atoms with E-state index in [2.05, 4.69) is 25.4 Å². The van der Waals surface area contributed by atoms with Gasteiger partial charge in [-0.25, -0.2) is 4.98 Å². The fraction of sp³-hybridized carbons (Fsp3) is 0.0588. The number of amides is 1. The van der Waals surface area contributed by atoms with Gasteiger partial charge in [0, 0.05) is 17.8 Å². The highest BCUT2D eigenvalue weighted by Gasteiger charge is 2.17. The second kappa shape index (κ2) is 6.03. The molecule has 0 aliphatic carbocycles. The number of carbonyl (C=O) groups is 1. The van der Waals surface area contributed by atoms with E-state index >= 15 is 0 Å². The molecule has 3 heterocycles. The number of rotatable bonds is 3. The van der Waals surface area contributed by atoms with Crippen molar-refractivity contribution in [1.29, 1.82) is 0 Å². The topological polar surface area (TPSA) is 96.7 Å². The molecule has 4 rings (SSSR count). The highest BCUT2D eigenvalue weighted by Crippen LogP contribution is 2.27. The summed E-state index contributed by atoms with van der Waals surface area (Å²) in [6, 6.07) is 8.85. The van der Waals surface area contributed by atoms with E-state index in [4.69, 9.17) is 16.1 Å². The van der Waals surface area contributed by atoms with E-state index in [1.807, 2.05) is 18.2 Å². The van der Waals surface area contributed by atoms with Gasteiger partial charge in [-0.15, -0.1) is 0 Å². The van der Waals surface area contributed by atoms with E-state index in [0.717, 1.165) is 16.6 Å². The number of hydrogen-bond acceptors (Lipinski definition) is 5. The lowest BCUT2D eigenvalue weighted by atomic mass is 10.1. The van der Waals surface area contributed by atoms with Crippen LogP contribution in [0.2, 0.25) is 5.02 Å². The molecule has 0 atom stereocenters. The molecule has 8 heteroatoms. The molecule has 3 aromatic heterocycles. The fourth-order valence-electron chi connectivity index (χ4n) is 2.49. The Hall–Kier alpha value is -3.19. The molecule has 0 saturated heterocycles. The molecular weight excluding hydrogens is 342 g/mol. The number of aryl methyl sites for hydroxylation is 1. The van der Waals surface area contributed by atoms with Crippen molar-refractivity contribution in [2.24, 2.45) is 0 Å². The number of H-pyrrole nitrogens is 1. The standard InChI is InChI=1S/C17H12ClN5O2/c1-9-13(5-10(18)7-19-9)22-17(24)14-6-15(25-23-14)11-3-2-4-12-16(11)21-8-20-12/h2-8H,1H3,(H,20,21)(H,22,24). The van der Waals surface area contributed by atoms with Gasteiger partial charge in [-0.05, 0) is 25.1 Å². The van der Waals surface area contributed by atoms with Crippen molar-refractivity contribution < 1.29 is 9.32 Å². The molecule has 2 N–H and O–H groups in total. The minimum Gasteiger partial charge on any atom is -0.355 e. The summed E-state index contributed by atoms with van der Waals surface area (Å²) < 4.78 is 5.33. The molecule has 1 aromatic carbocycles. The highest BCUT2D eigenvalue weighted by molar-refractivity contribution is 6.30. The summed E-state index contributed by atoms with van der Waals surface area (Å²) in [5.41, 5.74) is 3.72. The Kier molecular flexibility index (Phi) is 3.70. The summed E-state index contributed by atoms with van der Waals surface area (Å²) in [6.45, 7) is 1.78. The number of pyridine rings is 1. The minimum absolute atomic E-state index is 0.155. The number of carbonyl (C=O) groups excluding carboxylic acids is 1. The van der Waals surface area contributed by atoms with Gasteiger partial charge < -0.3 is 14.8 Å². The fourth-order valence-corrected chi connectivity index (χ4v) is 2.65. The lowest BCUT2D eigenvalue weighted by Gasteiger charge is -2.05. The third-order valence-electron chi connectivity index (χ3n) is 3.76. The number of benzene rings is 1. The van der Waals surface area contributed by atoms with Gasteiger partial charge >= 0.3 is 0 Å². The Morgan fingerprint density at radius 2 is 2.16 bits per heavy atom. The number of para-hydroxylation sites is 1. The molecular formula is C17H12ClN5O2. The van der Waals surface area contributed by atoms with Gasteiger partial charge in [0.15, 0.2) is 11.5 Å². The van der Waals surface area contributed by atoms with Crippen LogP contribution in [0.3, 0.4) is 0 Å². The maximum Gasteiger partial charge on any atom is 0.277 e. The second-order valence-electron chi connectivity index (χ2n) is 5.42. The zero-order valence-corrected chi connectivity index (χ0v) is 13.8. The molecule has 0 bridgehead atoms. The predicted octanol–water partition coefficient (Wildman–Crippen LogP) is 3.83. The van der Waals surface area contributed by atoms with Gasteiger partial charge in [0.25, 0.3) is 5.91 Å². The van der Waals surface area contributed by atoms with Crippen molar-refractivity contribution in [3.8, 4) is 11.3 Å². The SMILES string of the molecule is Cc1ncc(Cl)cc1NC(=O)c1cc(-c2cccc3[nH]cnc23)on1. The molecule has 0 radical (unpaired) electrons.